The molecule has 1 heterocycles. The summed E-state index contributed by atoms with van der Waals surface area (Å²) in [5, 5.41) is 3.12. The molecule has 1 amide bonds. The normalized spacial score (nSPS) is 23.6. The first-order chi connectivity index (χ1) is 12.9. The zero-order valence-electron chi connectivity index (χ0n) is 13.9. The third-order valence-electron chi connectivity index (χ3n) is 4.55. The SMILES string of the molecule is O=C(CN=C1NS(=O)(=O)c2ccccc21)NC1CC1c1c(F)cccc1Cl. The Morgan fingerprint density at radius 2 is 2.04 bits per heavy atom. The molecule has 1 aliphatic carbocycles. The molecule has 0 radical (unpaired) electrons. The molecule has 2 aromatic rings. The third-order valence-corrected chi connectivity index (χ3v) is 6.28. The number of amidine groups is 1. The van der Waals surface area contributed by atoms with Crippen LogP contribution in [-0.4, -0.2) is 32.7 Å². The Hall–Kier alpha value is -2.45. The largest absolute Gasteiger partial charge is 0.351 e. The summed E-state index contributed by atoms with van der Waals surface area (Å²) in [5.74, 6) is -0.779. The van der Waals surface area contributed by atoms with Gasteiger partial charge in [-0.1, -0.05) is 29.8 Å². The molecule has 140 valence electrons. The Labute approximate surface area is 160 Å². The van der Waals surface area contributed by atoms with Crippen LogP contribution in [0.1, 0.15) is 23.5 Å². The van der Waals surface area contributed by atoms with E-state index >= 15 is 0 Å². The van der Waals surface area contributed by atoms with Crippen LogP contribution < -0.4 is 10.0 Å². The molecule has 2 N–H and O–H groups in total. The van der Waals surface area contributed by atoms with Crippen molar-refractivity contribution in [2.45, 2.75) is 23.3 Å². The fourth-order valence-corrected chi connectivity index (χ4v) is 4.75. The maximum absolute atomic E-state index is 13.9. The lowest BCUT2D eigenvalue weighted by atomic mass is 10.1. The van der Waals surface area contributed by atoms with Gasteiger partial charge in [0.15, 0.2) is 0 Å². The van der Waals surface area contributed by atoms with Crippen molar-refractivity contribution < 1.29 is 17.6 Å². The predicted octanol–water partition coefficient (Wildman–Crippen LogP) is 2.19. The molecule has 27 heavy (non-hydrogen) atoms. The highest BCUT2D eigenvalue weighted by Crippen LogP contribution is 2.44. The van der Waals surface area contributed by atoms with E-state index in [1.54, 1.807) is 24.3 Å². The van der Waals surface area contributed by atoms with E-state index in [1.165, 1.54) is 18.2 Å². The van der Waals surface area contributed by atoms with Crippen molar-refractivity contribution in [2.75, 3.05) is 6.54 Å². The minimum Gasteiger partial charge on any atom is -0.351 e. The van der Waals surface area contributed by atoms with Crippen LogP contribution >= 0.6 is 11.6 Å². The van der Waals surface area contributed by atoms with Crippen LogP contribution in [-0.2, 0) is 14.8 Å². The molecular weight excluding hydrogens is 393 g/mol. The summed E-state index contributed by atoms with van der Waals surface area (Å²) in [4.78, 5) is 16.4. The van der Waals surface area contributed by atoms with Crippen molar-refractivity contribution in [3.05, 3.63) is 64.4 Å². The number of hydrogen-bond donors (Lipinski definition) is 2. The summed E-state index contributed by atoms with van der Waals surface area (Å²) >= 11 is 6.05. The number of nitrogens with one attached hydrogen (secondary N) is 2. The molecule has 0 aromatic heterocycles. The van der Waals surface area contributed by atoms with E-state index in [4.69, 9.17) is 11.6 Å². The number of hydrogen-bond acceptors (Lipinski definition) is 4. The van der Waals surface area contributed by atoms with E-state index in [2.05, 4.69) is 15.0 Å². The number of rotatable bonds is 4. The summed E-state index contributed by atoms with van der Waals surface area (Å²) in [6, 6.07) is 10.7. The average Bonchev–Trinajstić information content (AvgIpc) is 3.30. The standard InChI is InChI=1S/C18H15ClFN3O3S/c19-12-5-3-6-13(20)17(12)11-8-14(11)22-16(24)9-21-18-10-4-1-2-7-15(10)27(25,26)23-18/h1-7,11,14H,8-9H2,(H,21,23)(H,22,24). The van der Waals surface area contributed by atoms with Crippen LogP contribution in [0.2, 0.25) is 5.02 Å². The maximum atomic E-state index is 13.9. The van der Waals surface area contributed by atoms with Crippen LogP contribution in [0.5, 0.6) is 0 Å². The Bertz CT molecular complexity index is 1050. The van der Waals surface area contributed by atoms with Crippen molar-refractivity contribution in [2.24, 2.45) is 4.99 Å². The van der Waals surface area contributed by atoms with Crippen molar-refractivity contribution >= 4 is 33.4 Å². The monoisotopic (exact) mass is 407 g/mol. The quantitative estimate of drug-likeness (QED) is 0.814. The minimum atomic E-state index is -3.64. The van der Waals surface area contributed by atoms with Crippen LogP contribution in [0, 0.1) is 5.82 Å². The molecule has 6 nitrogen and oxygen atoms in total. The molecule has 2 aliphatic rings. The van der Waals surface area contributed by atoms with E-state index in [0.717, 1.165) is 0 Å². The minimum absolute atomic E-state index is 0.139. The molecule has 9 heteroatoms. The smallest absolute Gasteiger partial charge is 0.263 e. The molecule has 0 saturated heterocycles. The van der Waals surface area contributed by atoms with Crippen LogP contribution in [0.3, 0.4) is 0 Å². The van der Waals surface area contributed by atoms with E-state index in [9.17, 15) is 17.6 Å². The highest BCUT2D eigenvalue weighted by molar-refractivity contribution is 7.90. The van der Waals surface area contributed by atoms with E-state index in [0.29, 0.717) is 22.6 Å². The van der Waals surface area contributed by atoms with Gasteiger partial charge in [-0.05, 0) is 30.7 Å². The highest BCUT2D eigenvalue weighted by atomic mass is 35.5. The summed E-state index contributed by atoms with van der Waals surface area (Å²) in [6.07, 6.45) is 0.596. The molecule has 0 spiro atoms. The van der Waals surface area contributed by atoms with Gasteiger partial charge in [0.05, 0.1) is 4.90 Å². The second-order valence-corrected chi connectivity index (χ2v) is 8.48. The Balaban J connectivity index is 1.41. The zero-order chi connectivity index (χ0) is 19.2. The van der Waals surface area contributed by atoms with E-state index < -0.39 is 10.0 Å². The molecular formula is C18H15ClFN3O3S. The number of nitrogens with zero attached hydrogens (tertiary/aromatic N) is 1. The van der Waals surface area contributed by atoms with Gasteiger partial charge in [-0.15, -0.1) is 0 Å². The van der Waals surface area contributed by atoms with Gasteiger partial charge in [0.2, 0.25) is 5.91 Å². The lowest BCUT2D eigenvalue weighted by Gasteiger charge is -2.06. The predicted molar refractivity (Wildman–Crippen MR) is 98.9 cm³/mol. The number of benzene rings is 2. The topological polar surface area (TPSA) is 87.6 Å². The number of carbonyl (C=O) groups excluding carboxylic acids is 1. The van der Waals surface area contributed by atoms with Crippen molar-refractivity contribution in [1.29, 1.82) is 0 Å². The Morgan fingerprint density at radius 3 is 2.81 bits per heavy atom. The molecule has 4 rings (SSSR count). The number of halogens is 2. The molecule has 2 unspecified atom stereocenters. The molecule has 1 saturated carbocycles. The molecule has 2 atom stereocenters. The molecule has 1 fully saturated rings. The first-order valence-electron chi connectivity index (χ1n) is 8.27. The molecule has 2 aromatic carbocycles. The van der Waals surface area contributed by atoms with Gasteiger partial charge in [-0.2, -0.15) is 0 Å². The van der Waals surface area contributed by atoms with Gasteiger partial charge in [-0.25, -0.2) is 12.8 Å². The number of amides is 1. The zero-order valence-corrected chi connectivity index (χ0v) is 15.5. The fraction of sp³-hybridized carbons (Fsp3) is 0.222. The number of carbonyl (C=O) groups is 1. The average molecular weight is 408 g/mol. The van der Waals surface area contributed by atoms with Crippen molar-refractivity contribution in [1.82, 2.24) is 10.0 Å². The fourth-order valence-electron chi connectivity index (χ4n) is 3.19. The van der Waals surface area contributed by atoms with Gasteiger partial charge in [0.25, 0.3) is 10.0 Å². The second kappa shape index (κ2) is 6.61. The molecule has 0 bridgehead atoms. The second-order valence-electron chi connectivity index (χ2n) is 6.42. The number of sulfonamides is 1. The number of aliphatic imine (C=N–C) groups is 1. The van der Waals surface area contributed by atoms with Crippen molar-refractivity contribution in [3.63, 3.8) is 0 Å². The summed E-state index contributed by atoms with van der Waals surface area (Å²) in [6.45, 7) is -0.236. The highest BCUT2D eigenvalue weighted by Gasteiger charge is 2.42. The Kier molecular flexibility index (Phi) is 4.39. The summed E-state index contributed by atoms with van der Waals surface area (Å²) in [5.41, 5.74) is 0.848. The molecule has 1 aliphatic heterocycles. The van der Waals surface area contributed by atoms with E-state index in [-0.39, 0.29) is 41.0 Å². The lowest BCUT2D eigenvalue weighted by molar-refractivity contribution is -0.119. The maximum Gasteiger partial charge on any atom is 0.263 e. The lowest BCUT2D eigenvalue weighted by Crippen LogP contribution is -2.30. The van der Waals surface area contributed by atoms with E-state index in [1.807, 2.05) is 0 Å². The van der Waals surface area contributed by atoms with Crippen molar-refractivity contribution in [3.8, 4) is 0 Å². The summed E-state index contributed by atoms with van der Waals surface area (Å²) < 4.78 is 40.3. The van der Waals surface area contributed by atoms with Crippen LogP contribution in [0.15, 0.2) is 52.4 Å². The third kappa shape index (κ3) is 3.42. The van der Waals surface area contributed by atoms with Crippen LogP contribution in [0.4, 0.5) is 4.39 Å². The van der Waals surface area contributed by atoms with Gasteiger partial charge >= 0.3 is 0 Å². The van der Waals surface area contributed by atoms with Gasteiger partial charge in [0.1, 0.15) is 18.2 Å². The Morgan fingerprint density at radius 1 is 1.26 bits per heavy atom. The van der Waals surface area contributed by atoms with Gasteiger partial charge < -0.3 is 5.32 Å². The van der Waals surface area contributed by atoms with Gasteiger partial charge in [0, 0.05) is 28.1 Å². The first-order valence-corrected chi connectivity index (χ1v) is 10.1. The first kappa shape index (κ1) is 17.9. The summed E-state index contributed by atoms with van der Waals surface area (Å²) in [7, 11) is -3.64. The number of fused-ring (bicyclic) bond motifs is 1. The van der Waals surface area contributed by atoms with Gasteiger partial charge in [-0.3, -0.25) is 14.5 Å². The van der Waals surface area contributed by atoms with Crippen LogP contribution in [0.25, 0.3) is 0 Å².